The van der Waals surface area contributed by atoms with Gasteiger partial charge in [-0.25, -0.2) is 4.57 Å². The zero-order valence-corrected chi connectivity index (χ0v) is 18.6. The molecule has 0 heterocycles. The maximum Gasteiger partial charge on any atom is 0.469 e. The number of phosphoric acid groups is 1. The summed E-state index contributed by atoms with van der Waals surface area (Å²) in [7, 11) is -4.54. The molecular formula is C20H33F3NO5P. The summed E-state index contributed by atoms with van der Waals surface area (Å²) in [6.45, 7) is 5.51. The molecular weight excluding hydrogens is 422 g/mol. The first-order valence-corrected chi connectivity index (χ1v) is 11.8. The van der Waals surface area contributed by atoms with Crippen LogP contribution in [0.15, 0.2) is 18.2 Å². The quantitative estimate of drug-likeness (QED) is 0.268. The summed E-state index contributed by atoms with van der Waals surface area (Å²) in [5, 5.41) is 2.96. The Kier molecular flexibility index (Phi) is 11.4. The summed E-state index contributed by atoms with van der Waals surface area (Å²) < 4.78 is 61.2. The summed E-state index contributed by atoms with van der Waals surface area (Å²) in [4.78, 5) is 17.4. The van der Waals surface area contributed by atoms with Gasteiger partial charge in [-0.15, -0.1) is 0 Å². The average Bonchev–Trinajstić information content (AvgIpc) is 2.64. The van der Waals surface area contributed by atoms with Gasteiger partial charge in [0.05, 0.1) is 12.2 Å². The third-order valence-corrected chi connectivity index (χ3v) is 5.01. The van der Waals surface area contributed by atoms with Gasteiger partial charge in [0.1, 0.15) is 11.9 Å². The summed E-state index contributed by atoms with van der Waals surface area (Å²) in [6, 6.07) is 3.70. The van der Waals surface area contributed by atoms with Crippen LogP contribution >= 0.6 is 7.82 Å². The van der Waals surface area contributed by atoms with Gasteiger partial charge in [-0.3, -0.25) is 4.52 Å². The van der Waals surface area contributed by atoms with Crippen molar-refractivity contribution in [1.82, 2.24) is 5.32 Å². The summed E-state index contributed by atoms with van der Waals surface area (Å²) in [5.41, 5.74) is -0.389. The van der Waals surface area contributed by atoms with Crippen LogP contribution in [0.25, 0.3) is 0 Å². The van der Waals surface area contributed by atoms with Crippen molar-refractivity contribution in [2.45, 2.75) is 77.6 Å². The number of rotatable bonds is 14. The SMILES string of the molecule is CCCCCCCc1ccc(O[C@@H](C)CN[C@H](C)COP(=O)(O)O)cc1C(F)(F)F. The first kappa shape index (κ1) is 26.9. The van der Waals surface area contributed by atoms with E-state index in [1.54, 1.807) is 19.9 Å². The van der Waals surface area contributed by atoms with Crippen molar-refractivity contribution in [3.63, 3.8) is 0 Å². The monoisotopic (exact) mass is 455 g/mol. The second kappa shape index (κ2) is 12.7. The third kappa shape index (κ3) is 11.3. The Balaban J connectivity index is 2.63. The van der Waals surface area contributed by atoms with Gasteiger partial charge < -0.3 is 19.8 Å². The fourth-order valence-corrected chi connectivity index (χ4v) is 3.36. The zero-order chi connectivity index (χ0) is 22.8. The number of unbranched alkanes of at least 4 members (excludes halogenated alkanes) is 4. The number of halogens is 3. The van der Waals surface area contributed by atoms with Crippen molar-refractivity contribution in [3.8, 4) is 5.75 Å². The van der Waals surface area contributed by atoms with Gasteiger partial charge in [0.25, 0.3) is 0 Å². The van der Waals surface area contributed by atoms with Crippen LogP contribution in [0.4, 0.5) is 13.2 Å². The third-order valence-electron chi connectivity index (χ3n) is 4.52. The van der Waals surface area contributed by atoms with Crippen molar-refractivity contribution in [2.75, 3.05) is 13.2 Å². The molecule has 6 nitrogen and oxygen atoms in total. The van der Waals surface area contributed by atoms with Crippen molar-refractivity contribution in [2.24, 2.45) is 0 Å². The number of benzene rings is 1. The van der Waals surface area contributed by atoms with Gasteiger partial charge in [0, 0.05) is 12.6 Å². The molecule has 0 saturated heterocycles. The van der Waals surface area contributed by atoms with E-state index in [2.05, 4.69) is 16.8 Å². The highest BCUT2D eigenvalue weighted by molar-refractivity contribution is 7.46. The molecule has 30 heavy (non-hydrogen) atoms. The fraction of sp³-hybridized carbons (Fsp3) is 0.700. The Bertz CT molecular complexity index is 681. The number of aryl methyl sites for hydroxylation is 1. The van der Waals surface area contributed by atoms with Gasteiger partial charge in [-0.1, -0.05) is 38.7 Å². The lowest BCUT2D eigenvalue weighted by Gasteiger charge is -2.21. The number of ether oxygens (including phenoxy) is 1. The summed E-state index contributed by atoms with van der Waals surface area (Å²) >= 11 is 0. The minimum atomic E-state index is -4.54. The second-order valence-electron chi connectivity index (χ2n) is 7.51. The highest BCUT2D eigenvalue weighted by Crippen LogP contribution is 2.36. The molecule has 174 valence electrons. The Morgan fingerprint density at radius 1 is 1.13 bits per heavy atom. The van der Waals surface area contributed by atoms with Crippen molar-refractivity contribution < 1.29 is 36.8 Å². The van der Waals surface area contributed by atoms with Gasteiger partial charge in [0.15, 0.2) is 0 Å². The first-order chi connectivity index (χ1) is 13.9. The lowest BCUT2D eigenvalue weighted by molar-refractivity contribution is -0.138. The van der Waals surface area contributed by atoms with Crippen molar-refractivity contribution >= 4 is 7.82 Å². The highest BCUT2D eigenvalue weighted by Gasteiger charge is 2.33. The molecule has 0 spiro atoms. The molecule has 1 aromatic rings. The largest absolute Gasteiger partial charge is 0.489 e. The minimum Gasteiger partial charge on any atom is -0.489 e. The topological polar surface area (TPSA) is 88.0 Å². The van der Waals surface area contributed by atoms with E-state index in [0.29, 0.717) is 6.42 Å². The van der Waals surface area contributed by atoms with E-state index >= 15 is 0 Å². The van der Waals surface area contributed by atoms with Crippen LogP contribution in [0.3, 0.4) is 0 Å². The standard InChI is InChI=1S/C20H33F3NO5P/c1-4-5-6-7-8-9-17-10-11-18(12-19(17)20(21,22)23)29-16(3)13-24-15(2)14-28-30(25,26)27/h10-12,15-16,24H,4-9,13-14H2,1-3H3,(H2,25,26,27)/t15-,16+/m1/s1. The number of phosphoric ester groups is 1. The number of hydrogen-bond acceptors (Lipinski definition) is 4. The minimum absolute atomic E-state index is 0.130. The molecule has 1 rings (SSSR count). The van der Waals surface area contributed by atoms with E-state index in [9.17, 15) is 17.7 Å². The lowest BCUT2D eigenvalue weighted by atomic mass is 10.00. The molecule has 0 aliphatic heterocycles. The molecule has 10 heteroatoms. The van der Waals surface area contributed by atoms with E-state index < -0.39 is 25.7 Å². The summed E-state index contributed by atoms with van der Waals surface area (Å²) in [5.74, 6) is 0.130. The van der Waals surface area contributed by atoms with Crippen LogP contribution < -0.4 is 10.1 Å². The number of hydrogen-bond donors (Lipinski definition) is 3. The molecule has 0 bridgehead atoms. The smallest absolute Gasteiger partial charge is 0.469 e. The van der Waals surface area contributed by atoms with Gasteiger partial charge >= 0.3 is 14.0 Å². The predicted octanol–water partition coefficient (Wildman–Crippen LogP) is 5.07. The van der Waals surface area contributed by atoms with E-state index in [1.165, 1.54) is 6.07 Å². The Morgan fingerprint density at radius 3 is 2.40 bits per heavy atom. The zero-order valence-electron chi connectivity index (χ0n) is 17.7. The van der Waals surface area contributed by atoms with Gasteiger partial charge in [-0.05, 0) is 44.4 Å². The number of nitrogens with one attached hydrogen (secondary N) is 1. The van der Waals surface area contributed by atoms with Crippen LogP contribution in [-0.2, 0) is 21.7 Å². The molecule has 0 amide bonds. The van der Waals surface area contributed by atoms with E-state index in [-0.39, 0.29) is 30.5 Å². The van der Waals surface area contributed by atoms with Crippen LogP contribution in [0.2, 0.25) is 0 Å². The molecule has 0 aliphatic rings. The van der Waals surface area contributed by atoms with E-state index in [0.717, 1.165) is 38.2 Å². The fourth-order valence-electron chi connectivity index (χ4n) is 2.94. The Morgan fingerprint density at radius 2 is 1.80 bits per heavy atom. The maximum atomic E-state index is 13.5. The number of alkyl halides is 3. The Labute approximate surface area is 176 Å². The van der Waals surface area contributed by atoms with E-state index in [1.807, 2.05) is 0 Å². The molecule has 0 aromatic heterocycles. The van der Waals surface area contributed by atoms with Gasteiger partial charge in [0.2, 0.25) is 0 Å². The molecule has 0 saturated carbocycles. The van der Waals surface area contributed by atoms with Crippen LogP contribution in [-0.4, -0.2) is 35.1 Å². The molecule has 0 radical (unpaired) electrons. The van der Waals surface area contributed by atoms with Gasteiger partial charge in [-0.2, -0.15) is 13.2 Å². The molecule has 2 atom stereocenters. The second-order valence-corrected chi connectivity index (χ2v) is 8.74. The molecule has 1 aromatic carbocycles. The normalized spacial score (nSPS) is 14.5. The van der Waals surface area contributed by atoms with E-state index in [4.69, 9.17) is 14.5 Å². The first-order valence-electron chi connectivity index (χ1n) is 10.2. The van der Waals surface area contributed by atoms with Crippen LogP contribution in [0.5, 0.6) is 5.75 Å². The molecule has 3 N–H and O–H groups in total. The Hall–Kier alpha value is -1.12. The molecule has 0 aliphatic carbocycles. The predicted molar refractivity (Wildman–Crippen MR) is 109 cm³/mol. The average molecular weight is 455 g/mol. The highest BCUT2D eigenvalue weighted by atomic mass is 31.2. The van der Waals surface area contributed by atoms with Crippen molar-refractivity contribution in [3.05, 3.63) is 29.3 Å². The lowest BCUT2D eigenvalue weighted by Crippen LogP contribution is -2.37. The molecule has 0 fully saturated rings. The van der Waals surface area contributed by atoms with Crippen LogP contribution in [0.1, 0.15) is 64.0 Å². The maximum absolute atomic E-state index is 13.5. The molecule has 0 unspecified atom stereocenters. The van der Waals surface area contributed by atoms with Crippen molar-refractivity contribution in [1.29, 1.82) is 0 Å². The van der Waals surface area contributed by atoms with Crippen LogP contribution in [0, 0.1) is 0 Å². The summed E-state index contributed by atoms with van der Waals surface area (Å²) in [6.07, 6.45) is 0.316.